The number of anilines is 1. The van der Waals surface area contributed by atoms with Gasteiger partial charge < -0.3 is 23.9 Å². The lowest BCUT2D eigenvalue weighted by Gasteiger charge is -2.14. The molecule has 0 bridgehead atoms. The Morgan fingerprint density at radius 3 is 2.50 bits per heavy atom. The molecule has 174 valence electrons. The first-order valence-corrected chi connectivity index (χ1v) is 10.4. The first kappa shape index (κ1) is 22.8. The van der Waals surface area contributed by atoms with Gasteiger partial charge >= 0.3 is 0 Å². The van der Waals surface area contributed by atoms with Gasteiger partial charge in [0.15, 0.2) is 23.9 Å². The fraction of sp³-hybridized carbons (Fsp3) is 0.154. The van der Waals surface area contributed by atoms with E-state index in [0.29, 0.717) is 28.0 Å². The number of carbonyl (C=O) groups is 1. The van der Waals surface area contributed by atoms with Gasteiger partial charge in [-0.15, -0.1) is 0 Å². The molecule has 1 heterocycles. The lowest BCUT2D eigenvalue weighted by molar-refractivity contribution is -0.118. The zero-order valence-electron chi connectivity index (χ0n) is 18.8. The Kier molecular flexibility index (Phi) is 6.49. The predicted octanol–water partition coefficient (Wildman–Crippen LogP) is 4.94. The van der Waals surface area contributed by atoms with Crippen LogP contribution in [0.5, 0.6) is 17.2 Å². The van der Waals surface area contributed by atoms with E-state index in [1.807, 2.05) is 6.92 Å². The number of fused-ring (bicyclic) bond motifs is 1. The summed E-state index contributed by atoms with van der Waals surface area (Å²) in [6.45, 7) is 1.35. The van der Waals surface area contributed by atoms with Crippen LogP contribution in [-0.2, 0) is 4.79 Å². The number of hydrogen-bond donors (Lipinski definition) is 1. The lowest BCUT2D eigenvalue weighted by Crippen LogP contribution is -2.23. The zero-order valence-corrected chi connectivity index (χ0v) is 18.8. The fourth-order valence-electron chi connectivity index (χ4n) is 3.47. The van der Waals surface area contributed by atoms with Crippen molar-refractivity contribution in [3.63, 3.8) is 0 Å². The summed E-state index contributed by atoms with van der Waals surface area (Å²) in [4.78, 5) is 25.7. The number of benzene rings is 3. The average molecular weight is 463 g/mol. The Bertz CT molecular complexity index is 1430. The van der Waals surface area contributed by atoms with Crippen LogP contribution in [0, 0.1) is 12.7 Å². The van der Waals surface area contributed by atoms with Gasteiger partial charge in [-0.25, -0.2) is 4.39 Å². The van der Waals surface area contributed by atoms with Crippen molar-refractivity contribution in [3.05, 3.63) is 82.3 Å². The van der Waals surface area contributed by atoms with Crippen LogP contribution in [0.15, 0.2) is 69.9 Å². The maximum absolute atomic E-state index is 13.9. The van der Waals surface area contributed by atoms with E-state index in [1.54, 1.807) is 42.5 Å². The Balaban J connectivity index is 1.75. The van der Waals surface area contributed by atoms with E-state index >= 15 is 0 Å². The molecule has 0 aliphatic carbocycles. The molecule has 1 N–H and O–H groups in total. The molecule has 3 aromatic carbocycles. The highest BCUT2D eigenvalue weighted by molar-refractivity contribution is 5.92. The first-order valence-electron chi connectivity index (χ1n) is 10.4. The largest absolute Gasteiger partial charge is 0.493 e. The third kappa shape index (κ3) is 4.56. The van der Waals surface area contributed by atoms with Crippen LogP contribution in [0.1, 0.15) is 5.56 Å². The second kappa shape index (κ2) is 9.66. The number of methoxy groups -OCH3 is 2. The summed E-state index contributed by atoms with van der Waals surface area (Å²) in [6, 6.07) is 15.9. The Hall–Kier alpha value is -4.33. The van der Waals surface area contributed by atoms with Gasteiger partial charge in [-0.2, -0.15) is 0 Å². The molecule has 0 atom stereocenters. The normalized spacial score (nSPS) is 10.7. The van der Waals surface area contributed by atoms with Gasteiger partial charge in [0.05, 0.1) is 25.3 Å². The molecule has 8 heteroatoms. The molecular formula is C26H22FNO6. The number of hydrogen-bond acceptors (Lipinski definition) is 6. The van der Waals surface area contributed by atoms with E-state index in [4.69, 9.17) is 18.6 Å². The van der Waals surface area contributed by atoms with Gasteiger partial charge in [-0.05, 0) is 55.0 Å². The predicted molar refractivity (Wildman–Crippen MR) is 126 cm³/mol. The van der Waals surface area contributed by atoms with Crippen molar-refractivity contribution in [2.45, 2.75) is 6.92 Å². The number of amides is 1. The van der Waals surface area contributed by atoms with Crippen LogP contribution in [0.2, 0.25) is 0 Å². The summed E-state index contributed by atoms with van der Waals surface area (Å²) in [5.41, 5.74) is 1.34. The molecule has 0 radical (unpaired) electrons. The van der Waals surface area contributed by atoms with Crippen molar-refractivity contribution in [2.75, 3.05) is 26.1 Å². The Labute approximate surface area is 194 Å². The van der Waals surface area contributed by atoms with Crippen molar-refractivity contribution in [1.29, 1.82) is 0 Å². The minimum absolute atomic E-state index is 0.0113. The molecule has 1 amide bonds. The molecular weight excluding hydrogens is 441 g/mol. The highest BCUT2D eigenvalue weighted by atomic mass is 19.1. The van der Waals surface area contributed by atoms with Crippen LogP contribution in [0.4, 0.5) is 10.1 Å². The smallest absolute Gasteiger partial charge is 0.262 e. The quantitative estimate of drug-likeness (QED) is 0.418. The molecule has 0 unspecified atom stereocenters. The van der Waals surface area contributed by atoms with E-state index in [1.165, 1.54) is 32.4 Å². The Morgan fingerprint density at radius 1 is 1.00 bits per heavy atom. The molecule has 0 aliphatic heterocycles. The zero-order chi connectivity index (χ0) is 24.2. The number of nitrogens with one attached hydrogen (secondary N) is 1. The minimum atomic E-state index is -0.633. The van der Waals surface area contributed by atoms with Crippen molar-refractivity contribution in [1.82, 2.24) is 0 Å². The van der Waals surface area contributed by atoms with Crippen LogP contribution in [0.3, 0.4) is 0 Å². The summed E-state index contributed by atoms with van der Waals surface area (Å²) in [5, 5.41) is 2.73. The number of para-hydroxylation sites is 1. The van der Waals surface area contributed by atoms with E-state index in [2.05, 4.69) is 5.32 Å². The van der Waals surface area contributed by atoms with Crippen molar-refractivity contribution in [3.8, 4) is 28.6 Å². The van der Waals surface area contributed by atoms with E-state index in [0.717, 1.165) is 5.56 Å². The molecule has 34 heavy (non-hydrogen) atoms. The number of ether oxygens (including phenoxy) is 3. The molecule has 4 rings (SSSR count). The molecule has 7 nitrogen and oxygen atoms in total. The van der Waals surface area contributed by atoms with Crippen LogP contribution >= 0.6 is 0 Å². The summed E-state index contributed by atoms with van der Waals surface area (Å²) in [6.07, 6.45) is 0. The van der Waals surface area contributed by atoms with E-state index in [-0.39, 0.29) is 17.2 Å². The van der Waals surface area contributed by atoms with Gasteiger partial charge in [-0.3, -0.25) is 9.59 Å². The molecule has 0 spiro atoms. The molecule has 0 fully saturated rings. The van der Waals surface area contributed by atoms with Gasteiger partial charge in [0.25, 0.3) is 5.91 Å². The third-order valence-electron chi connectivity index (χ3n) is 5.15. The van der Waals surface area contributed by atoms with Crippen molar-refractivity contribution < 1.29 is 27.8 Å². The third-order valence-corrected chi connectivity index (χ3v) is 5.15. The van der Waals surface area contributed by atoms with Gasteiger partial charge in [0, 0.05) is 5.56 Å². The van der Waals surface area contributed by atoms with Gasteiger partial charge in [0.1, 0.15) is 11.4 Å². The SMILES string of the molecule is COc1ccc(-c2oc3cc(C)ccc3c(=O)c2OCC(=O)Nc2ccccc2F)cc1OC. The van der Waals surface area contributed by atoms with Gasteiger partial charge in [-0.1, -0.05) is 18.2 Å². The van der Waals surface area contributed by atoms with Crippen LogP contribution < -0.4 is 25.0 Å². The molecule has 0 aliphatic rings. The summed E-state index contributed by atoms with van der Waals surface area (Å²) in [5.74, 6) is -0.309. The monoisotopic (exact) mass is 463 g/mol. The molecule has 0 saturated carbocycles. The maximum atomic E-state index is 13.9. The second-order valence-corrected chi connectivity index (χ2v) is 7.48. The molecule has 1 aromatic heterocycles. The number of halogens is 1. The van der Waals surface area contributed by atoms with Crippen molar-refractivity contribution in [2.24, 2.45) is 0 Å². The summed E-state index contributed by atoms with van der Waals surface area (Å²) >= 11 is 0. The molecule has 0 saturated heterocycles. The minimum Gasteiger partial charge on any atom is -0.493 e. The highest BCUT2D eigenvalue weighted by Gasteiger charge is 2.20. The first-order chi connectivity index (χ1) is 16.4. The fourth-order valence-corrected chi connectivity index (χ4v) is 3.47. The number of carbonyl (C=O) groups excluding carboxylic acids is 1. The standard InChI is InChI=1S/C26H22FNO6/c1-15-8-10-17-21(12-15)34-25(16-9-11-20(31-2)22(13-16)32-3)26(24(17)30)33-14-23(29)28-19-7-5-4-6-18(19)27/h4-13H,14H2,1-3H3,(H,28,29). The lowest BCUT2D eigenvalue weighted by atomic mass is 10.1. The van der Waals surface area contributed by atoms with Gasteiger partial charge in [0.2, 0.25) is 11.2 Å². The highest BCUT2D eigenvalue weighted by Crippen LogP contribution is 2.36. The van der Waals surface area contributed by atoms with Crippen LogP contribution in [0.25, 0.3) is 22.3 Å². The van der Waals surface area contributed by atoms with Crippen molar-refractivity contribution >= 4 is 22.6 Å². The topological polar surface area (TPSA) is 87.0 Å². The summed E-state index contributed by atoms with van der Waals surface area (Å²) in [7, 11) is 3.01. The summed E-state index contributed by atoms with van der Waals surface area (Å²) < 4.78 is 36.2. The molecule has 4 aromatic rings. The Morgan fingerprint density at radius 2 is 1.76 bits per heavy atom. The average Bonchev–Trinajstić information content (AvgIpc) is 2.84. The number of rotatable bonds is 7. The van der Waals surface area contributed by atoms with E-state index < -0.39 is 23.8 Å². The number of aryl methyl sites for hydroxylation is 1. The maximum Gasteiger partial charge on any atom is 0.262 e. The van der Waals surface area contributed by atoms with E-state index in [9.17, 15) is 14.0 Å². The van der Waals surface area contributed by atoms with Crippen LogP contribution in [-0.4, -0.2) is 26.7 Å². The second-order valence-electron chi connectivity index (χ2n) is 7.48.